The highest BCUT2D eigenvalue weighted by Gasteiger charge is 2.59. The number of nitrogens with one attached hydrogen (secondary N) is 2. The Morgan fingerprint density at radius 2 is 1.86 bits per heavy atom. The van der Waals surface area contributed by atoms with E-state index < -0.39 is 6.04 Å². The van der Waals surface area contributed by atoms with E-state index in [4.69, 9.17) is 16.6 Å². The van der Waals surface area contributed by atoms with E-state index in [-0.39, 0.29) is 16.5 Å². The summed E-state index contributed by atoms with van der Waals surface area (Å²) in [6.45, 7) is 7.05. The van der Waals surface area contributed by atoms with Gasteiger partial charge in [-0.1, -0.05) is 61.9 Å². The Morgan fingerprint density at radius 3 is 2.56 bits per heavy atom. The summed E-state index contributed by atoms with van der Waals surface area (Å²) in [5.41, 5.74) is 3.11. The lowest BCUT2D eigenvalue weighted by atomic mass is 9.50. The molecule has 3 aliphatic rings. The molecule has 3 heterocycles. The van der Waals surface area contributed by atoms with Gasteiger partial charge in [-0.2, -0.15) is 5.26 Å². The molecule has 0 radical (unpaired) electrons. The van der Waals surface area contributed by atoms with Gasteiger partial charge in [0.1, 0.15) is 23.1 Å². The molecular weight excluding hydrogens is 560 g/mol. The van der Waals surface area contributed by atoms with E-state index in [2.05, 4.69) is 47.8 Å². The van der Waals surface area contributed by atoms with Crippen molar-refractivity contribution in [3.8, 4) is 6.07 Å². The summed E-state index contributed by atoms with van der Waals surface area (Å²) in [5, 5.41) is 29.5. The Morgan fingerprint density at radius 1 is 1.12 bits per heavy atom. The number of nitrogens with zero attached hydrogens (tertiary/aromatic N) is 6. The van der Waals surface area contributed by atoms with Crippen LogP contribution in [0.4, 0.5) is 11.5 Å². The quantitative estimate of drug-likeness (QED) is 0.226. The smallest absolute Gasteiger partial charge is 0.258 e. The first-order valence-corrected chi connectivity index (χ1v) is 15.0. The molecule has 3 saturated carbocycles. The number of nitriles is 1. The van der Waals surface area contributed by atoms with Crippen LogP contribution in [0.15, 0.2) is 59.7 Å². The van der Waals surface area contributed by atoms with Crippen LogP contribution in [0.2, 0.25) is 5.02 Å². The largest absolute Gasteiger partial charge is 0.383 e. The van der Waals surface area contributed by atoms with Crippen LogP contribution >= 0.6 is 11.6 Å². The van der Waals surface area contributed by atoms with Gasteiger partial charge in [0.2, 0.25) is 0 Å². The molecule has 2 aromatic carbocycles. The summed E-state index contributed by atoms with van der Waals surface area (Å²) < 4.78 is 3.58. The normalized spacial score (nSPS) is 19.9. The second kappa shape index (κ2) is 9.81. The maximum atomic E-state index is 13.1. The molecule has 8 rings (SSSR count). The number of aryl methyl sites for hydroxylation is 1. The van der Waals surface area contributed by atoms with Crippen LogP contribution in [0.1, 0.15) is 62.9 Å². The fraction of sp³-hybridized carbons (Fsp3) is 0.364. The minimum Gasteiger partial charge on any atom is -0.383 e. The number of hydrogen-bond donors (Lipinski definition) is 2. The van der Waals surface area contributed by atoms with Crippen molar-refractivity contribution in [1.29, 1.82) is 5.26 Å². The zero-order chi connectivity index (χ0) is 30.1. The molecule has 1 atom stereocenters. The van der Waals surface area contributed by atoms with Crippen molar-refractivity contribution in [3.05, 3.63) is 87.1 Å². The lowest BCUT2D eigenvalue weighted by Crippen LogP contribution is -2.59. The Kier molecular flexibility index (Phi) is 6.26. The van der Waals surface area contributed by atoms with Crippen molar-refractivity contribution in [1.82, 2.24) is 24.5 Å². The zero-order valence-electron chi connectivity index (χ0n) is 24.6. The van der Waals surface area contributed by atoms with Gasteiger partial charge in [0.05, 0.1) is 34.0 Å². The molecule has 0 amide bonds. The van der Waals surface area contributed by atoms with E-state index in [0.29, 0.717) is 45.2 Å². The van der Waals surface area contributed by atoms with E-state index in [1.54, 1.807) is 23.9 Å². The first-order chi connectivity index (χ1) is 20.6. The van der Waals surface area contributed by atoms with E-state index in [9.17, 15) is 10.1 Å². The summed E-state index contributed by atoms with van der Waals surface area (Å²) in [5.74, 6) is 1.17. The number of fused-ring (bicyclic) bond motifs is 2. The molecule has 10 heteroatoms. The fourth-order valence-corrected chi connectivity index (χ4v) is 6.67. The van der Waals surface area contributed by atoms with Gasteiger partial charge in [0, 0.05) is 30.6 Å². The van der Waals surface area contributed by atoms with Crippen molar-refractivity contribution in [2.75, 3.05) is 17.2 Å². The number of benzene rings is 2. The van der Waals surface area contributed by atoms with Gasteiger partial charge in [-0.05, 0) is 59.7 Å². The van der Waals surface area contributed by atoms with Gasteiger partial charge in [0.15, 0.2) is 0 Å². The van der Waals surface area contributed by atoms with Crippen molar-refractivity contribution >= 4 is 44.8 Å². The second-order valence-electron chi connectivity index (χ2n) is 13.3. The van der Waals surface area contributed by atoms with Crippen LogP contribution in [0.5, 0.6) is 0 Å². The average molecular weight is 593 g/mol. The van der Waals surface area contributed by atoms with Crippen LogP contribution < -0.4 is 16.2 Å². The van der Waals surface area contributed by atoms with Gasteiger partial charge in [0.25, 0.3) is 5.56 Å². The van der Waals surface area contributed by atoms with Crippen LogP contribution in [0.3, 0.4) is 0 Å². The summed E-state index contributed by atoms with van der Waals surface area (Å²) in [7, 11) is 1.74. The SMILES string of the molecule is Cn1ccc2c([C@H](Nc3nc4c(Cl)cccc4c(NCC(C)(C)C)c3C#N)c3cn(C45CC(C4)C5)nn3)cccc2c1=O. The molecule has 0 spiro atoms. The monoisotopic (exact) mass is 592 g/mol. The molecule has 9 nitrogen and oxygen atoms in total. The first-order valence-electron chi connectivity index (χ1n) is 14.6. The van der Waals surface area contributed by atoms with E-state index in [1.165, 1.54) is 0 Å². The first kappa shape index (κ1) is 27.4. The van der Waals surface area contributed by atoms with Crippen molar-refractivity contribution in [3.63, 3.8) is 0 Å². The molecule has 218 valence electrons. The Labute approximate surface area is 254 Å². The lowest BCUT2D eigenvalue weighted by molar-refractivity contribution is -0.0989. The number of pyridine rings is 2. The predicted octanol–water partition coefficient (Wildman–Crippen LogP) is 6.37. The van der Waals surface area contributed by atoms with Crippen molar-refractivity contribution in [2.45, 2.75) is 51.6 Å². The molecule has 3 fully saturated rings. The highest BCUT2D eigenvalue weighted by Crippen LogP contribution is 2.62. The second-order valence-corrected chi connectivity index (χ2v) is 13.7. The highest BCUT2D eigenvalue weighted by molar-refractivity contribution is 6.35. The van der Waals surface area contributed by atoms with Crippen LogP contribution in [0, 0.1) is 22.7 Å². The standard InChI is InChI=1S/C33H33ClN8O/c1-32(2,3)18-36-27-23-9-6-10-25(34)28(23)37-30(24(27)16-35)38-29(26-17-42(40-39-26)33-13-19(14-33)15-33)21-7-5-8-22-20(21)11-12-41(4)31(22)43/h5-12,17,19,29H,13-15,18H2,1-4H3,(H2,36,37,38)/t19?,29-,33?/m0/s1. The van der Waals surface area contributed by atoms with Gasteiger partial charge < -0.3 is 15.2 Å². The summed E-state index contributed by atoms with van der Waals surface area (Å²) in [6, 6.07) is 15.1. The number of anilines is 2. The molecular formula is C33H33ClN8O. The molecule has 2 bridgehead atoms. The molecule has 2 N–H and O–H groups in total. The van der Waals surface area contributed by atoms with Crippen LogP contribution in [-0.2, 0) is 12.6 Å². The zero-order valence-corrected chi connectivity index (χ0v) is 25.4. The number of halogens is 1. The fourth-order valence-electron chi connectivity index (χ4n) is 6.46. The summed E-state index contributed by atoms with van der Waals surface area (Å²) >= 11 is 6.68. The topological polar surface area (TPSA) is 113 Å². The van der Waals surface area contributed by atoms with Gasteiger partial charge in [-0.15, -0.1) is 5.10 Å². The average Bonchev–Trinajstić information content (AvgIpc) is 3.39. The Bertz CT molecular complexity index is 2000. The Balaban J connectivity index is 1.42. The van der Waals surface area contributed by atoms with Crippen LogP contribution in [-0.4, -0.2) is 31.1 Å². The lowest BCUT2D eigenvalue weighted by Gasteiger charge is -2.61. The molecule has 5 aromatic rings. The number of rotatable bonds is 7. The number of aromatic nitrogens is 5. The highest BCUT2D eigenvalue weighted by atomic mass is 35.5. The third-order valence-electron chi connectivity index (χ3n) is 8.92. The summed E-state index contributed by atoms with van der Waals surface area (Å²) in [4.78, 5) is 18.0. The van der Waals surface area contributed by atoms with E-state index in [0.717, 1.165) is 41.5 Å². The third kappa shape index (κ3) is 4.52. The number of hydrogen-bond acceptors (Lipinski definition) is 7. The van der Waals surface area contributed by atoms with Crippen molar-refractivity contribution in [2.24, 2.45) is 18.4 Å². The molecule has 43 heavy (non-hydrogen) atoms. The minimum absolute atomic E-state index is 0.0356. The molecule has 0 saturated heterocycles. The predicted molar refractivity (Wildman–Crippen MR) is 169 cm³/mol. The van der Waals surface area contributed by atoms with Gasteiger partial charge >= 0.3 is 0 Å². The van der Waals surface area contributed by atoms with Crippen LogP contribution in [0.25, 0.3) is 21.7 Å². The molecule has 0 unspecified atom stereocenters. The summed E-state index contributed by atoms with van der Waals surface area (Å²) in [6.07, 6.45) is 7.16. The Hall–Kier alpha value is -4.42. The third-order valence-corrected chi connectivity index (χ3v) is 9.23. The van der Waals surface area contributed by atoms with Crippen molar-refractivity contribution < 1.29 is 0 Å². The van der Waals surface area contributed by atoms with E-state index in [1.807, 2.05) is 47.3 Å². The maximum absolute atomic E-state index is 13.1. The minimum atomic E-state index is -0.549. The van der Waals surface area contributed by atoms with Gasteiger partial charge in [-0.25, -0.2) is 9.67 Å². The molecule has 3 aromatic heterocycles. The van der Waals surface area contributed by atoms with Gasteiger partial charge in [-0.3, -0.25) is 4.79 Å². The van der Waals surface area contributed by atoms with E-state index >= 15 is 0 Å². The molecule has 0 aliphatic heterocycles. The molecule has 3 aliphatic carbocycles. The number of para-hydroxylation sites is 1. The maximum Gasteiger partial charge on any atom is 0.258 e.